The smallest absolute Gasteiger partial charge is 0.243 e. The summed E-state index contributed by atoms with van der Waals surface area (Å²) in [7, 11) is -1.81. The van der Waals surface area contributed by atoms with E-state index in [0.29, 0.717) is 43.8 Å². The average molecular weight is 504 g/mol. The Labute approximate surface area is 207 Å². The van der Waals surface area contributed by atoms with Gasteiger partial charge < -0.3 is 14.5 Å². The maximum atomic E-state index is 13.6. The van der Waals surface area contributed by atoms with Crippen LogP contribution in [-0.4, -0.2) is 81.4 Å². The number of likely N-dealkylation sites (N-methyl/N-ethyl adjacent to an activating group) is 1. The largest absolute Gasteiger partial charge is 0.493 e. The molecule has 0 N–H and O–H groups in total. The highest BCUT2D eigenvalue weighted by Gasteiger charge is 2.43. The van der Waals surface area contributed by atoms with Gasteiger partial charge in [0.15, 0.2) is 0 Å². The first-order valence-electron chi connectivity index (χ1n) is 12.1. The second-order valence-electron chi connectivity index (χ2n) is 9.81. The second-order valence-corrected chi connectivity index (χ2v) is 11.7. The highest BCUT2D eigenvalue weighted by Crippen LogP contribution is 2.38. The van der Waals surface area contributed by atoms with Crippen molar-refractivity contribution in [1.82, 2.24) is 14.1 Å². The highest BCUT2D eigenvalue weighted by atomic mass is 32.2. The van der Waals surface area contributed by atoms with E-state index in [-0.39, 0.29) is 30.4 Å². The van der Waals surface area contributed by atoms with Crippen LogP contribution in [0.25, 0.3) is 0 Å². The predicted octanol–water partition coefficient (Wildman–Crippen LogP) is 3.15. The van der Waals surface area contributed by atoms with Crippen LogP contribution in [0, 0.1) is 18.2 Å². The lowest BCUT2D eigenvalue weighted by molar-refractivity contribution is -0.136. The van der Waals surface area contributed by atoms with Crippen LogP contribution in [0.3, 0.4) is 0 Å². The average Bonchev–Trinajstić information content (AvgIpc) is 2.84. The van der Waals surface area contributed by atoms with Gasteiger partial charge in [-0.2, -0.15) is 4.31 Å². The number of ether oxygens (including phenoxy) is 1. The molecule has 0 bridgehead atoms. The second kappa shape index (κ2) is 10.6. The standard InChI is InChI=1S/C26H34FN3O4S/c1-21-17-22(27)9-10-24(21)35(32,33)30-12-6-11-26(19-30,20-34-23-7-4-3-5-8-23)18-25(31)29-15-13-28(2)14-16-29/h3-5,7-10,17H,6,11-16,18-20H2,1-2H3/t26-/m0/s1. The summed E-state index contributed by atoms with van der Waals surface area (Å²) in [4.78, 5) is 17.5. The number of carbonyl (C=O) groups is 1. The van der Waals surface area contributed by atoms with Gasteiger partial charge in [-0.25, -0.2) is 12.8 Å². The van der Waals surface area contributed by atoms with Crippen LogP contribution in [-0.2, 0) is 14.8 Å². The molecule has 2 aliphatic rings. The third kappa shape index (κ3) is 6.02. The van der Waals surface area contributed by atoms with E-state index in [1.807, 2.05) is 42.3 Å². The molecule has 1 amide bonds. The summed E-state index contributed by atoms with van der Waals surface area (Å²) in [6, 6.07) is 13.1. The summed E-state index contributed by atoms with van der Waals surface area (Å²) in [5, 5.41) is 0. The minimum atomic E-state index is -3.85. The molecule has 0 unspecified atom stereocenters. The van der Waals surface area contributed by atoms with Gasteiger partial charge in [0.05, 0.1) is 11.5 Å². The number of benzene rings is 2. The summed E-state index contributed by atoms with van der Waals surface area (Å²) >= 11 is 0. The zero-order valence-electron chi connectivity index (χ0n) is 20.5. The van der Waals surface area contributed by atoms with Gasteiger partial charge in [-0.1, -0.05) is 18.2 Å². The minimum Gasteiger partial charge on any atom is -0.493 e. The Morgan fingerprint density at radius 2 is 1.77 bits per heavy atom. The summed E-state index contributed by atoms with van der Waals surface area (Å²) < 4.78 is 48.3. The lowest BCUT2D eigenvalue weighted by Gasteiger charge is -2.43. The van der Waals surface area contributed by atoms with E-state index in [1.54, 1.807) is 6.92 Å². The number of hydrogen-bond acceptors (Lipinski definition) is 5. The van der Waals surface area contributed by atoms with E-state index in [2.05, 4.69) is 4.90 Å². The first kappa shape index (κ1) is 25.6. The molecule has 9 heteroatoms. The number of piperazine rings is 1. The monoisotopic (exact) mass is 503 g/mol. The van der Waals surface area contributed by atoms with Crippen LogP contribution in [0.15, 0.2) is 53.4 Å². The molecule has 2 aliphatic heterocycles. The Hall–Kier alpha value is -2.49. The number of nitrogens with zero attached hydrogens (tertiary/aromatic N) is 3. The molecule has 2 heterocycles. The van der Waals surface area contributed by atoms with Gasteiger partial charge >= 0.3 is 0 Å². The van der Waals surface area contributed by atoms with E-state index in [9.17, 15) is 17.6 Å². The Morgan fingerprint density at radius 3 is 2.46 bits per heavy atom. The summed E-state index contributed by atoms with van der Waals surface area (Å²) in [6.45, 7) is 5.36. The van der Waals surface area contributed by atoms with Crippen LogP contribution in [0.5, 0.6) is 5.75 Å². The molecular weight excluding hydrogens is 469 g/mol. The van der Waals surface area contributed by atoms with E-state index in [1.165, 1.54) is 22.5 Å². The molecule has 7 nitrogen and oxygen atoms in total. The lowest BCUT2D eigenvalue weighted by Crippen LogP contribution is -2.53. The van der Waals surface area contributed by atoms with Crippen molar-refractivity contribution in [3.63, 3.8) is 0 Å². The number of halogens is 1. The third-order valence-corrected chi connectivity index (χ3v) is 9.06. The van der Waals surface area contributed by atoms with Crippen molar-refractivity contribution in [2.75, 3.05) is 52.9 Å². The molecule has 2 aromatic carbocycles. The van der Waals surface area contributed by atoms with Crippen LogP contribution in [0.2, 0.25) is 0 Å². The third-order valence-electron chi connectivity index (χ3n) is 7.05. The van der Waals surface area contributed by atoms with Crippen LogP contribution >= 0.6 is 0 Å². The van der Waals surface area contributed by atoms with Gasteiger partial charge in [-0.05, 0) is 62.7 Å². The van der Waals surface area contributed by atoms with Crippen molar-refractivity contribution in [3.05, 3.63) is 59.9 Å². The van der Waals surface area contributed by atoms with Crippen LogP contribution in [0.1, 0.15) is 24.8 Å². The van der Waals surface area contributed by atoms with Gasteiger partial charge in [-0.3, -0.25) is 4.79 Å². The van der Waals surface area contributed by atoms with E-state index < -0.39 is 21.3 Å². The van der Waals surface area contributed by atoms with Crippen LogP contribution in [0.4, 0.5) is 4.39 Å². The van der Waals surface area contributed by atoms with E-state index >= 15 is 0 Å². The number of amides is 1. The van der Waals surface area contributed by atoms with Gasteiger partial charge in [0.1, 0.15) is 11.6 Å². The number of para-hydroxylation sites is 1. The number of rotatable bonds is 7. The van der Waals surface area contributed by atoms with Crippen molar-refractivity contribution in [2.45, 2.75) is 31.1 Å². The Morgan fingerprint density at radius 1 is 1.06 bits per heavy atom. The summed E-state index contributed by atoms with van der Waals surface area (Å²) in [5.41, 5.74) is -0.287. The minimum absolute atomic E-state index is 0.0342. The molecule has 0 radical (unpaired) electrons. The fourth-order valence-electron chi connectivity index (χ4n) is 4.96. The normalized spacial score (nSPS) is 22.2. The topological polar surface area (TPSA) is 70.2 Å². The van der Waals surface area contributed by atoms with Crippen molar-refractivity contribution < 1.29 is 22.3 Å². The van der Waals surface area contributed by atoms with Crippen molar-refractivity contribution >= 4 is 15.9 Å². The molecule has 2 aromatic rings. The maximum Gasteiger partial charge on any atom is 0.243 e. The van der Waals surface area contributed by atoms with Gasteiger partial charge in [0.25, 0.3) is 0 Å². The lowest BCUT2D eigenvalue weighted by atomic mass is 9.78. The van der Waals surface area contributed by atoms with Gasteiger partial charge in [0.2, 0.25) is 15.9 Å². The molecule has 0 aromatic heterocycles. The van der Waals surface area contributed by atoms with Crippen LogP contribution < -0.4 is 4.74 Å². The van der Waals surface area contributed by atoms with Gasteiger partial charge in [-0.15, -0.1) is 0 Å². The quantitative estimate of drug-likeness (QED) is 0.581. The molecule has 1 atom stereocenters. The number of hydrogen-bond donors (Lipinski definition) is 0. The molecular formula is C26H34FN3O4S. The molecule has 190 valence electrons. The SMILES string of the molecule is Cc1cc(F)ccc1S(=O)(=O)N1CCC[C@](COc2ccccc2)(CC(=O)N2CCN(C)CC2)C1. The molecule has 2 fully saturated rings. The summed E-state index contributed by atoms with van der Waals surface area (Å²) in [6.07, 6.45) is 1.53. The summed E-state index contributed by atoms with van der Waals surface area (Å²) in [5.74, 6) is 0.253. The molecule has 0 saturated carbocycles. The fourth-order valence-corrected chi connectivity index (χ4v) is 6.76. The molecule has 4 rings (SSSR count). The zero-order valence-corrected chi connectivity index (χ0v) is 21.3. The van der Waals surface area contributed by atoms with Crippen molar-refractivity contribution in [1.29, 1.82) is 0 Å². The number of sulfonamides is 1. The first-order valence-corrected chi connectivity index (χ1v) is 13.5. The van der Waals surface area contributed by atoms with E-state index in [0.717, 1.165) is 13.1 Å². The Kier molecular flexibility index (Phi) is 7.78. The van der Waals surface area contributed by atoms with Crippen molar-refractivity contribution in [3.8, 4) is 5.75 Å². The Bertz CT molecular complexity index is 1140. The first-order chi connectivity index (χ1) is 16.7. The van der Waals surface area contributed by atoms with Crippen molar-refractivity contribution in [2.24, 2.45) is 5.41 Å². The van der Waals surface area contributed by atoms with E-state index in [4.69, 9.17) is 4.74 Å². The molecule has 35 heavy (non-hydrogen) atoms. The fraction of sp³-hybridized carbons (Fsp3) is 0.500. The number of aryl methyl sites for hydroxylation is 1. The molecule has 0 aliphatic carbocycles. The molecule has 2 saturated heterocycles. The number of piperidine rings is 1. The zero-order chi connectivity index (χ0) is 25.1. The molecule has 0 spiro atoms. The predicted molar refractivity (Wildman–Crippen MR) is 132 cm³/mol. The number of carbonyl (C=O) groups excluding carboxylic acids is 1. The van der Waals surface area contributed by atoms with Gasteiger partial charge in [0, 0.05) is 51.1 Å². The maximum absolute atomic E-state index is 13.6. The highest BCUT2D eigenvalue weighted by molar-refractivity contribution is 7.89. The Balaban J connectivity index is 1.58.